The number of ketones is 1. The van der Waals surface area contributed by atoms with Gasteiger partial charge in [0.25, 0.3) is 0 Å². The van der Waals surface area contributed by atoms with E-state index in [1.807, 2.05) is 13.8 Å². The number of aliphatic hydroxyl groups is 1. The highest BCUT2D eigenvalue weighted by atomic mass is 16.5. The van der Waals surface area contributed by atoms with Gasteiger partial charge in [-0.25, -0.2) is 0 Å². The van der Waals surface area contributed by atoms with Gasteiger partial charge >= 0.3 is 0 Å². The normalized spacial score (nSPS) is 55.2. The first-order valence-corrected chi connectivity index (χ1v) is 14.2. The van der Waals surface area contributed by atoms with Crippen LogP contribution in [-0.2, 0) is 9.53 Å². The van der Waals surface area contributed by atoms with Crippen LogP contribution in [0.2, 0.25) is 0 Å². The van der Waals surface area contributed by atoms with Crippen molar-refractivity contribution < 1.29 is 14.6 Å². The molecule has 3 nitrogen and oxygen atoms in total. The summed E-state index contributed by atoms with van der Waals surface area (Å²) < 4.78 is 6.28. The van der Waals surface area contributed by atoms with Crippen LogP contribution in [0.5, 0.6) is 0 Å². The second-order valence-corrected chi connectivity index (χ2v) is 15.1. The SMILES string of the molecule is CC(C)(O)[C@H]1CC[C@H]([C@H]2CC[C@]3(C)[C@@H]4CC[C@H]5C(C)(C)C(=O)CC[C@@]56C[C@@]46CC[C@@]23C)CO1. The van der Waals surface area contributed by atoms with Crippen molar-refractivity contribution in [1.29, 1.82) is 0 Å². The molecule has 1 heterocycles. The van der Waals surface area contributed by atoms with E-state index in [0.717, 1.165) is 31.3 Å². The molecular weight excluding hydrogens is 408 g/mol. The zero-order valence-corrected chi connectivity index (χ0v) is 22.1. The van der Waals surface area contributed by atoms with E-state index in [4.69, 9.17) is 4.74 Å². The van der Waals surface area contributed by atoms with Crippen LogP contribution in [0.4, 0.5) is 0 Å². The summed E-state index contributed by atoms with van der Waals surface area (Å²) in [5.41, 5.74) is 1.02. The fourth-order valence-corrected chi connectivity index (χ4v) is 11.6. The minimum atomic E-state index is -0.732. The van der Waals surface area contributed by atoms with Gasteiger partial charge in [-0.15, -0.1) is 0 Å². The average molecular weight is 457 g/mol. The van der Waals surface area contributed by atoms with Crippen LogP contribution < -0.4 is 0 Å². The summed E-state index contributed by atoms with van der Waals surface area (Å²) >= 11 is 0. The van der Waals surface area contributed by atoms with Crippen LogP contribution in [0, 0.1) is 50.7 Å². The van der Waals surface area contributed by atoms with Crippen molar-refractivity contribution in [1.82, 2.24) is 0 Å². The summed E-state index contributed by atoms with van der Waals surface area (Å²) in [6, 6.07) is 0. The van der Waals surface area contributed by atoms with Crippen molar-refractivity contribution in [3.05, 3.63) is 0 Å². The predicted octanol–water partition coefficient (Wildman–Crippen LogP) is 6.56. The molecule has 9 atom stereocenters. The quantitative estimate of drug-likeness (QED) is 0.512. The highest BCUT2D eigenvalue weighted by Crippen LogP contribution is 2.88. The van der Waals surface area contributed by atoms with Crippen molar-refractivity contribution in [3.8, 4) is 0 Å². The van der Waals surface area contributed by atoms with Crippen LogP contribution in [0.3, 0.4) is 0 Å². The molecule has 3 heteroatoms. The molecule has 0 bridgehead atoms. The molecule has 0 aromatic rings. The number of Topliss-reactive ketones (excluding diaryl/α,β-unsaturated/α-hetero) is 1. The fourth-order valence-electron chi connectivity index (χ4n) is 11.6. The third kappa shape index (κ3) is 2.68. The largest absolute Gasteiger partial charge is 0.388 e. The summed E-state index contributed by atoms with van der Waals surface area (Å²) in [6.45, 7) is 14.5. The maximum atomic E-state index is 12.9. The van der Waals surface area contributed by atoms with E-state index >= 15 is 0 Å². The van der Waals surface area contributed by atoms with E-state index in [0.29, 0.717) is 39.3 Å². The molecule has 1 aliphatic heterocycles. The molecule has 1 saturated heterocycles. The lowest BCUT2D eigenvalue weighted by Gasteiger charge is -2.63. The second kappa shape index (κ2) is 6.67. The summed E-state index contributed by atoms with van der Waals surface area (Å²) in [4.78, 5) is 12.9. The minimum Gasteiger partial charge on any atom is -0.388 e. The van der Waals surface area contributed by atoms with Gasteiger partial charge in [0.05, 0.1) is 18.3 Å². The van der Waals surface area contributed by atoms with Crippen LogP contribution in [-0.4, -0.2) is 29.2 Å². The number of rotatable bonds is 2. The van der Waals surface area contributed by atoms with Crippen molar-refractivity contribution in [3.63, 3.8) is 0 Å². The van der Waals surface area contributed by atoms with Gasteiger partial charge in [-0.3, -0.25) is 4.79 Å². The van der Waals surface area contributed by atoms with Gasteiger partial charge in [-0.2, -0.15) is 0 Å². The summed E-state index contributed by atoms with van der Waals surface area (Å²) in [5, 5.41) is 10.4. The molecule has 0 unspecified atom stereocenters. The lowest BCUT2D eigenvalue weighted by Crippen LogP contribution is -2.57. The summed E-state index contributed by atoms with van der Waals surface area (Å²) in [5.74, 6) is 3.42. The Hall–Kier alpha value is -0.410. The highest BCUT2D eigenvalue weighted by Gasteiger charge is 2.82. The molecular formula is C30H48O3. The Labute approximate surface area is 201 Å². The predicted molar refractivity (Wildman–Crippen MR) is 131 cm³/mol. The number of carbonyl (C=O) groups excluding carboxylic acids is 1. The average Bonchev–Trinajstić information content (AvgIpc) is 3.33. The summed E-state index contributed by atoms with van der Waals surface area (Å²) in [6.07, 6.45) is 13.8. The van der Waals surface area contributed by atoms with Gasteiger partial charge in [0.15, 0.2) is 0 Å². The molecule has 33 heavy (non-hydrogen) atoms. The van der Waals surface area contributed by atoms with Crippen LogP contribution in [0.15, 0.2) is 0 Å². The zero-order chi connectivity index (χ0) is 23.7. The van der Waals surface area contributed by atoms with Crippen LogP contribution >= 0.6 is 0 Å². The Morgan fingerprint density at radius 1 is 0.848 bits per heavy atom. The Balaban J connectivity index is 1.26. The number of fused-ring (bicyclic) bond motifs is 2. The van der Waals surface area contributed by atoms with E-state index in [1.54, 1.807) is 0 Å². The topological polar surface area (TPSA) is 46.5 Å². The fraction of sp³-hybridized carbons (Fsp3) is 0.967. The minimum absolute atomic E-state index is 0.0112. The maximum absolute atomic E-state index is 12.9. The molecule has 6 aliphatic rings. The molecule has 0 radical (unpaired) electrons. The monoisotopic (exact) mass is 456 g/mol. The van der Waals surface area contributed by atoms with Crippen molar-refractivity contribution in [2.45, 2.75) is 124 Å². The Morgan fingerprint density at radius 2 is 1.55 bits per heavy atom. The molecule has 6 fully saturated rings. The first-order chi connectivity index (χ1) is 15.3. The molecule has 2 spiro atoms. The molecule has 1 N–H and O–H groups in total. The molecule has 186 valence electrons. The van der Waals surface area contributed by atoms with Gasteiger partial charge in [0.2, 0.25) is 0 Å². The lowest BCUT2D eigenvalue weighted by molar-refractivity contribution is -0.166. The molecule has 0 aromatic heterocycles. The molecule has 0 amide bonds. The summed E-state index contributed by atoms with van der Waals surface area (Å²) in [7, 11) is 0. The van der Waals surface area contributed by atoms with Gasteiger partial charge in [-0.1, -0.05) is 27.7 Å². The van der Waals surface area contributed by atoms with E-state index in [1.165, 1.54) is 57.8 Å². The maximum Gasteiger partial charge on any atom is 0.138 e. The van der Waals surface area contributed by atoms with E-state index in [2.05, 4.69) is 27.7 Å². The molecule has 5 saturated carbocycles. The first-order valence-electron chi connectivity index (χ1n) is 14.2. The van der Waals surface area contributed by atoms with Gasteiger partial charge in [0.1, 0.15) is 5.78 Å². The highest BCUT2D eigenvalue weighted by molar-refractivity contribution is 5.86. The van der Waals surface area contributed by atoms with E-state index in [-0.39, 0.29) is 11.5 Å². The number of hydrogen-bond donors (Lipinski definition) is 1. The molecule has 0 aromatic carbocycles. The number of carbonyl (C=O) groups is 1. The molecule has 6 rings (SSSR count). The Morgan fingerprint density at radius 3 is 2.21 bits per heavy atom. The smallest absolute Gasteiger partial charge is 0.138 e. The Bertz CT molecular complexity index is 847. The number of hydrogen-bond acceptors (Lipinski definition) is 3. The van der Waals surface area contributed by atoms with Crippen molar-refractivity contribution >= 4 is 5.78 Å². The lowest BCUT2D eigenvalue weighted by atomic mass is 9.42. The third-order valence-electron chi connectivity index (χ3n) is 13.6. The third-order valence-corrected chi connectivity index (χ3v) is 13.6. The van der Waals surface area contributed by atoms with Gasteiger partial charge in [-0.05, 0) is 123 Å². The Kier molecular flexibility index (Phi) is 4.65. The zero-order valence-electron chi connectivity index (χ0n) is 22.1. The van der Waals surface area contributed by atoms with Gasteiger partial charge in [0, 0.05) is 11.8 Å². The van der Waals surface area contributed by atoms with Crippen molar-refractivity contribution in [2.24, 2.45) is 50.7 Å². The van der Waals surface area contributed by atoms with Gasteiger partial charge < -0.3 is 9.84 Å². The standard InChI is InChI=1S/C30H48O3/c1-25(2)21-8-9-22-28(6)13-11-20(19-7-10-24(33-17-19)26(3,4)32)27(28,5)15-16-30(22)18-29(21,30)14-12-23(25)31/h19-22,24,32H,7-18H2,1-6H3/t19-,20+,21-,22-,24+,27-,28+,29+,30-/m0/s1. The second-order valence-electron chi connectivity index (χ2n) is 15.1. The van der Waals surface area contributed by atoms with Crippen LogP contribution in [0.1, 0.15) is 112 Å². The van der Waals surface area contributed by atoms with Crippen LogP contribution in [0.25, 0.3) is 0 Å². The van der Waals surface area contributed by atoms with E-state index < -0.39 is 5.60 Å². The van der Waals surface area contributed by atoms with Crippen molar-refractivity contribution in [2.75, 3.05) is 6.61 Å². The first kappa shape index (κ1) is 23.0. The molecule has 5 aliphatic carbocycles. The number of ether oxygens (including phenoxy) is 1. The van der Waals surface area contributed by atoms with E-state index in [9.17, 15) is 9.90 Å².